The minimum atomic E-state index is 0.0503. The molecule has 0 unspecified atom stereocenters. The molecule has 0 saturated heterocycles. The SMILES string of the molecule is CCc1nc2c(NSC)cc(-c3cc(C)c(=O)n(C)c3)cc2n1CC1CC1. The van der Waals surface area contributed by atoms with E-state index in [9.17, 15) is 4.79 Å². The van der Waals surface area contributed by atoms with E-state index in [4.69, 9.17) is 4.98 Å². The Balaban J connectivity index is 1.94. The molecule has 1 aliphatic rings. The van der Waals surface area contributed by atoms with Crippen LogP contribution in [-0.4, -0.2) is 20.4 Å². The first-order chi connectivity index (χ1) is 13.0. The second kappa shape index (κ2) is 7.08. The fraction of sp³-hybridized carbons (Fsp3) is 0.429. The van der Waals surface area contributed by atoms with E-state index < -0.39 is 0 Å². The van der Waals surface area contributed by atoms with Gasteiger partial charge in [-0.2, -0.15) is 0 Å². The third-order valence-corrected chi connectivity index (χ3v) is 5.72. The molecule has 1 fully saturated rings. The predicted molar refractivity (Wildman–Crippen MR) is 114 cm³/mol. The summed E-state index contributed by atoms with van der Waals surface area (Å²) in [4.78, 5) is 17.0. The number of anilines is 1. The van der Waals surface area contributed by atoms with Gasteiger partial charge in [0.15, 0.2) is 0 Å². The number of aromatic nitrogens is 3. The second-order valence-electron chi connectivity index (χ2n) is 7.46. The number of hydrogen-bond donors (Lipinski definition) is 1. The van der Waals surface area contributed by atoms with Gasteiger partial charge >= 0.3 is 0 Å². The summed E-state index contributed by atoms with van der Waals surface area (Å²) in [5, 5.41) is 0. The van der Waals surface area contributed by atoms with Gasteiger partial charge in [-0.3, -0.25) is 4.79 Å². The normalized spacial score (nSPS) is 14.1. The lowest BCUT2D eigenvalue weighted by atomic mass is 10.0. The Morgan fingerprint density at radius 1 is 1.26 bits per heavy atom. The molecule has 1 N–H and O–H groups in total. The number of nitrogens with one attached hydrogen (secondary N) is 1. The summed E-state index contributed by atoms with van der Waals surface area (Å²) in [6, 6.07) is 6.36. The zero-order valence-electron chi connectivity index (χ0n) is 16.4. The summed E-state index contributed by atoms with van der Waals surface area (Å²) in [5.74, 6) is 1.93. The lowest BCUT2D eigenvalue weighted by Crippen LogP contribution is -2.18. The van der Waals surface area contributed by atoms with E-state index in [1.165, 1.54) is 18.4 Å². The van der Waals surface area contributed by atoms with Crippen molar-refractivity contribution < 1.29 is 0 Å². The Bertz CT molecular complexity index is 1040. The highest BCUT2D eigenvalue weighted by atomic mass is 32.2. The van der Waals surface area contributed by atoms with E-state index in [2.05, 4.69) is 28.3 Å². The smallest absolute Gasteiger partial charge is 0.253 e. The van der Waals surface area contributed by atoms with Crippen LogP contribution in [0.5, 0.6) is 0 Å². The number of fused-ring (bicyclic) bond motifs is 1. The lowest BCUT2D eigenvalue weighted by molar-refractivity contribution is 0.614. The molecule has 1 aromatic carbocycles. The fourth-order valence-corrected chi connectivity index (χ4v) is 4.07. The maximum atomic E-state index is 12.1. The Labute approximate surface area is 163 Å². The zero-order chi connectivity index (χ0) is 19.1. The van der Waals surface area contributed by atoms with Gasteiger partial charge in [0.25, 0.3) is 5.56 Å². The quantitative estimate of drug-likeness (QED) is 0.643. The van der Waals surface area contributed by atoms with Gasteiger partial charge in [0.1, 0.15) is 11.3 Å². The number of rotatable bonds is 6. The molecule has 2 heterocycles. The Morgan fingerprint density at radius 3 is 2.67 bits per heavy atom. The number of benzene rings is 1. The molecular weight excluding hydrogens is 356 g/mol. The molecule has 0 amide bonds. The summed E-state index contributed by atoms with van der Waals surface area (Å²) in [5.41, 5.74) is 6.22. The largest absolute Gasteiger partial charge is 0.328 e. The minimum absolute atomic E-state index is 0.0503. The maximum absolute atomic E-state index is 12.1. The van der Waals surface area contributed by atoms with Gasteiger partial charge in [0.05, 0.1) is 11.2 Å². The molecule has 5 nitrogen and oxygen atoms in total. The number of nitrogens with zero attached hydrogens (tertiary/aromatic N) is 3. The van der Waals surface area contributed by atoms with E-state index in [1.54, 1.807) is 16.5 Å². The van der Waals surface area contributed by atoms with Gasteiger partial charge in [-0.1, -0.05) is 18.9 Å². The van der Waals surface area contributed by atoms with Gasteiger partial charge in [-0.05, 0) is 55.0 Å². The van der Waals surface area contributed by atoms with Crippen LogP contribution in [0.15, 0.2) is 29.2 Å². The summed E-state index contributed by atoms with van der Waals surface area (Å²) < 4.78 is 7.47. The highest BCUT2D eigenvalue weighted by molar-refractivity contribution is 7.99. The summed E-state index contributed by atoms with van der Waals surface area (Å²) in [7, 11) is 1.81. The average Bonchev–Trinajstić information content (AvgIpc) is 3.40. The number of aryl methyl sites for hydroxylation is 3. The Kier molecular flexibility index (Phi) is 4.76. The molecule has 1 saturated carbocycles. The van der Waals surface area contributed by atoms with E-state index in [0.717, 1.165) is 52.6 Å². The van der Waals surface area contributed by atoms with Crippen LogP contribution in [0.3, 0.4) is 0 Å². The molecule has 0 atom stereocenters. The van der Waals surface area contributed by atoms with Crippen LogP contribution in [-0.2, 0) is 20.0 Å². The fourth-order valence-electron chi connectivity index (χ4n) is 3.69. The van der Waals surface area contributed by atoms with Crippen LogP contribution in [0, 0.1) is 12.8 Å². The van der Waals surface area contributed by atoms with E-state index in [1.807, 2.05) is 32.5 Å². The van der Waals surface area contributed by atoms with Crippen molar-refractivity contribution in [3.63, 3.8) is 0 Å². The minimum Gasteiger partial charge on any atom is -0.328 e. The van der Waals surface area contributed by atoms with Crippen molar-refractivity contribution in [3.05, 3.63) is 46.1 Å². The first-order valence-corrected chi connectivity index (χ1v) is 10.7. The highest BCUT2D eigenvalue weighted by Gasteiger charge is 2.25. The number of imidazole rings is 1. The van der Waals surface area contributed by atoms with Crippen LogP contribution in [0.25, 0.3) is 22.2 Å². The average molecular weight is 383 g/mol. The first-order valence-electron chi connectivity index (χ1n) is 9.51. The lowest BCUT2D eigenvalue weighted by Gasteiger charge is -2.12. The molecule has 4 rings (SSSR count). The van der Waals surface area contributed by atoms with Crippen molar-refractivity contribution in [2.45, 2.75) is 39.7 Å². The van der Waals surface area contributed by atoms with Crippen LogP contribution in [0.4, 0.5) is 5.69 Å². The summed E-state index contributed by atoms with van der Waals surface area (Å²) in [6.45, 7) is 5.09. The molecule has 27 heavy (non-hydrogen) atoms. The van der Waals surface area contributed by atoms with Crippen molar-refractivity contribution in [1.82, 2.24) is 14.1 Å². The van der Waals surface area contributed by atoms with Crippen LogP contribution >= 0.6 is 11.9 Å². The summed E-state index contributed by atoms with van der Waals surface area (Å²) in [6.07, 6.45) is 7.50. The number of hydrogen-bond acceptors (Lipinski definition) is 4. The van der Waals surface area contributed by atoms with Crippen molar-refractivity contribution in [2.24, 2.45) is 13.0 Å². The zero-order valence-corrected chi connectivity index (χ0v) is 17.2. The van der Waals surface area contributed by atoms with E-state index in [-0.39, 0.29) is 5.56 Å². The van der Waals surface area contributed by atoms with Gasteiger partial charge in [0, 0.05) is 38.0 Å². The molecule has 0 spiro atoms. The van der Waals surface area contributed by atoms with Crippen LogP contribution < -0.4 is 10.3 Å². The third kappa shape index (κ3) is 3.38. The predicted octanol–water partition coefficient (Wildman–Crippen LogP) is 4.37. The molecule has 3 aromatic rings. The highest BCUT2D eigenvalue weighted by Crippen LogP contribution is 2.36. The van der Waals surface area contributed by atoms with Gasteiger partial charge < -0.3 is 13.9 Å². The molecule has 0 bridgehead atoms. The van der Waals surface area contributed by atoms with Crippen molar-refractivity contribution >= 4 is 28.7 Å². The Hall–Kier alpha value is -2.21. The van der Waals surface area contributed by atoms with Gasteiger partial charge in [-0.15, -0.1) is 0 Å². The Morgan fingerprint density at radius 2 is 2.04 bits per heavy atom. The topological polar surface area (TPSA) is 51.9 Å². The molecular formula is C21H26N4OS. The molecule has 1 aliphatic carbocycles. The van der Waals surface area contributed by atoms with Crippen LogP contribution in [0.1, 0.15) is 31.2 Å². The molecule has 2 aromatic heterocycles. The van der Waals surface area contributed by atoms with Gasteiger partial charge in [0.2, 0.25) is 0 Å². The molecule has 142 valence electrons. The summed E-state index contributed by atoms with van der Waals surface area (Å²) >= 11 is 1.58. The van der Waals surface area contributed by atoms with E-state index in [0.29, 0.717) is 0 Å². The maximum Gasteiger partial charge on any atom is 0.253 e. The number of pyridine rings is 1. The second-order valence-corrected chi connectivity index (χ2v) is 8.07. The van der Waals surface area contributed by atoms with Crippen LogP contribution in [0.2, 0.25) is 0 Å². The van der Waals surface area contributed by atoms with E-state index >= 15 is 0 Å². The molecule has 0 aliphatic heterocycles. The van der Waals surface area contributed by atoms with Crippen molar-refractivity contribution in [1.29, 1.82) is 0 Å². The monoisotopic (exact) mass is 382 g/mol. The standard InChI is InChI=1S/C21H26N4OS/c1-5-19-22-20-17(23-27-4)9-15(10-18(20)25(19)11-14-6-7-14)16-8-13(2)21(26)24(3)12-16/h8-10,12,14,23H,5-7,11H2,1-4H3. The molecule has 6 heteroatoms. The third-order valence-electron chi connectivity index (χ3n) is 5.29. The van der Waals surface area contributed by atoms with Crippen molar-refractivity contribution in [3.8, 4) is 11.1 Å². The van der Waals surface area contributed by atoms with Gasteiger partial charge in [-0.25, -0.2) is 4.98 Å². The first kappa shape index (κ1) is 18.2. The molecule has 0 radical (unpaired) electrons. The van der Waals surface area contributed by atoms with Crippen molar-refractivity contribution in [2.75, 3.05) is 11.0 Å².